The Balaban J connectivity index is 1.55. The predicted molar refractivity (Wildman–Crippen MR) is 114 cm³/mol. The van der Waals surface area contributed by atoms with E-state index in [9.17, 15) is 19.8 Å². The van der Waals surface area contributed by atoms with Crippen molar-refractivity contribution >= 4 is 11.8 Å². The van der Waals surface area contributed by atoms with Gasteiger partial charge in [-0.1, -0.05) is 31.1 Å². The molecule has 3 unspecified atom stereocenters. The molecule has 0 aromatic carbocycles. The Morgan fingerprint density at radius 1 is 1.33 bits per heavy atom. The van der Waals surface area contributed by atoms with Gasteiger partial charge >= 0.3 is 0 Å². The van der Waals surface area contributed by atoms with E-state index < -0.39 is 42.2 Å². The van der Waals surface area contributed by atoms with Gasteiger partial charge in [-0.05, 0) is 25.2 Å². The highest BCUT2D eigenvalue weighted by molar-refractivity contribution is 5.90. The lowest BCUT2D eigenvalue weighted by atomic mass is 9.85. The number of rotatable bonds is 7. The van der Waals surface area contributed by atoms with E-state index >= 15 is 0 Å². The molecule has 1 aliphatic heterocycles. The predicted octanol–water partition coefficient (Wildman–Crippen LogP) is 0.246. The summed E-state index contributed by atoms with van der Waals surface area (Å²) in [5.74, 6) is 0.00507. The first kappa shape index (κ1) is 23.3. The summed E-state index contributed by atoms with van der Waals surface area (Å²) >= 11 is 0. The topological polar surface area (TPSA) is 160 Å². The zero-order valence-electron chi connectivity index (χ0n) is 19.3. The maximum absolute atomic E-state index is 13.7. The maximum Gasteiger partial charge on any atom is 0.251 e. The maximum atomic E-state index is 13.7. The average molecular weight is 462 g/mol. The average Bonchev–Trinajstić information content (AvgIpc) is 3.12. The van der Waals surface area contributed by atoms with Crippen molar-refractivity contribution in [1.82, 2.24) is 35.4 Å². The van der Waals surface area contributed by atoms with Crippen LogP contribution in [0.4, 0.5) is 0 Å². The SMILES string of the molecule is Cc1noc(C(CO)NC(=O)C2CC(O)CN2C(=O)[C@@H](n2cc(C3CC3)nn2)C(C)(C)C)n1. The van der Waals surface area contributed by atoms with E-state index in [0.717, 1.165) is 18.5 Å². The fraction of sp³-hybridized carbons (Fsp3) is 0.714. The van der Waals surface area contributed by atoms with Gasteiger partial charge in [0.1, 0.15) is 18.1 Å². The highest BCUT2D eigenvalue weighted by atomic mass is 16.5. The van der Waals surface area contributed by atoms with Crippen LogP contribution in [0.2, 0.25) is 0 Å². The molecule has 2 aromatic heterocycles. The normalized spacial score (nSPS) is 22.9. The van der Waals surface area contributed by atoms with Gasteiger partial charge in [0.05, 0.1) is 18.4 Å². The second-order valence-electron chi connectivity index (χ2n) is 9.99. The lowest BCUT2D eigenvalue weighted by molar-refractivity contribution is -0.144. The Bertz CT molecular complexity index is 1010. The van der Waals surface area contributed by atoms with Gasteiger partial charge in [-0.2, -0.15) is 4.98 Å². The van der Waals surface area contributed by atoms with Crippen molar-refractivity contribution < 1.29 is 24.3 Å². The molecule has 2 aliphatic rings. The smallest absolute Gasteiger partial charge is 0.251 e. The summed E-state index contributed by atoms with van der Waals surface area (Å²) in [6.45, 7) is 6.98. The molecule has 1 aliphatic carbocycles. The van der Waals surface area contributed by atoms with Crippen molar-refractivity contribution in [3.8, 4) is 0 Å². The van der Waals surface area contributed by atoms with Gasteiger partial charge in [0.25, 0.3) is 5.89 Å². The van der Waals surface area contributed by atoms with Crippen molar-refractivity contribution in [2.75, 3.05) is 13.2 Å². The van der Waals surface area contributed by atoms with Crippen molar-refractivity contribution in [2.24, 2.45) is 5.41 Å². The number of carbonyl (C=O) groups is 2. The van der Waals surface area contributed by atoms with Gasteiger partial charge in [-0.3, -0.25) is 9.59 Å². The second kappa shape index (κ2) is 8.82. The molecule has 12 nitrogen and oxygen atoms in total. The molecular weight excluding hydrogens is 430 g/mol. The van der Waals surface area contributed by atoms with E-state index in [-0.39, 0.29) is 24.8 Å². The van der Waals surface area contributed by atoms with Gasteiger partial charge < -0.3 is 25.0 Å². The standard InChI is InChI=1S/C21H31N7O5/c1-11-22-19(33-25-11)15(10-29)23-18(31)16-7-13(30)8-27(16)20(32)17(21(2,3)4)28-9-14(24-26-28)12-5-6-12/h9,12-13,15-17,29-30H,5-8,10H2,1-4H3,(H,23,31)/t13?,15?,16?,17-/m1/s1. The Morgan fingerprint density at radius 2 is 2.06 bits per heavy atom. The number of nitrogens with one attached hydrogen (secondary N) is 1. The number of hydrogen-bond acceptors (Lipinski definition) is 9. The number of β-amino-alcohol motifs (C(OH)–C–C–N with tert-alkyl or cyclic N) is 1. The molecule has 4 atom stereocenters. The molecule has 0 bridgehead atoms. The Kier molecular flexibility index (Phi) is 6.23. The summed E-state index contributed by atoms with van der Waals surface area (Å²) in [7, 11) is 0. The van der Waals surface area contributed by atoms with Gasteiger partial charge in [-0.25, -0.2) is 4.68 Å². The van der Waals surface area contributed by atoms with Crippen LogP contribution < -0.4 is 5.32 Å². The molecule has 4 rings (SSSR count). The monoisotopic (exact) mass is 461 g/mol. The molecular formula is C21H31N7O5. The fourth-order valence-electron chi connectivity index (χ4n) is 4.23. The minimum Gasteiger partial charge on any atom is -0.394 e. The molecule has 1 saturated heterocycles. The third-order valence-electron chi connectivity index (χ3n) is 6.05. The van der Waals surface area contributed by atoms with Gasteiger partial charge in [0.15, 0.2) is 5.82 Å². The number of likely N-dealkylation sites (tertiary alicyclic amines) is 1. The molecule has 2 fully saturated rings. The lowest BCUT2D eigenvalue weighted by Crippen LogP contribution is -2.51. The molecule has 3 heterocycles. The molecule has 12 heteroatoms. The second-order valence-corrected chi connectivity index (χ2v) is 9.99. The van der Waals surface area contributed by atoms with E-state index in [1.165, 1.54) is 4.90 Å². The third kappa shape index (κ3) is 4.91. The third-order valence-corrected chi connectivity index (χ3v) is 6.05. The first-order valence-corrected chi connectivity index (χ1v) is 11.2. The molecule has 33 heavy (non-hydrogen) atoms. The van der Waals surface area contributed by atoms with Gasteiger partial charge in [0.2, 0.25) is 11.8 Å². The number of aliphatic hydroxyl groups is 2. The number of aryl methyl sites for hydroxylation is 1. The number of carbonyl (C=O) groups excluding carboxylic acids is 2. The molecule has 180 valence electrons. The largest absolute Gasteiger partial charge is 0.394 e. The molecule has 0 spiro atoms. The van der Waals surface area contributed by atoms with Crippen LogP contribution in [0.25, 0.3) is 0 Å². The van der Waals surface area contributed by atoms with Crippen LogP contribution in [-0.4, -0.2) is 77.4 Å². The summed E-state index contributed by atoms with van der Waals surface area (Å²) in [5.41, 5.74) is 0.350. The highest BCUT2D eigenvalue weighted by Crippen LogP contribution is 2.40. The summed E-state index contributed by atoms with van der Waals surface area (Å²) < 4.78 is 6.64. The van der Waals surface area contributed by atoms with Crippen LogP contribution in [0.5, 0.6) is 0 Å². The highest BCUT2D eigenvalue weighted by Gasteiger charge is 2.46. The zero-order valence-corrected chi connectivity index (χ0v) is 19.3. The number of aromatic nitrogens is 5. The zero-order chi connectivity index (χ0) is 23.9. The quantitative estimate of drug-likeness (QED) is 0.525. The molecule has 3 N–H and O–H groups in total. The molecule has 0 radical (unpaired) electrons. The lowest BCUT2D eigenvalue weighted by Gasteiger charge is -2.34. The van der Waals surface area contributed by atoms with Crippen LogP contribution >= 0.6 is 0 Å². The molecule has 2 amide bonds. The number of hydrogen-bond donors (Lipinski definition) is 3. The van der Waals surface area contributed by atoms with Crippen molar-refractivity contribution in [2.45, 2.75) is 77.1 Å². The van der Waals surface area contributed by atoms with E-state index in [1.54, 1.807) is 11.6 Å². The summed E-state index contributed by atoms with van der Waals surface area (Å²) in [5, 5.41) is 34.8. The van der Waals surface area contributed by atoms with E-state index in [0.29, 0.717) is 11.7 Å². The summed E-state index contributed by atoms with van der Waals surface area (Å²) in [6, 6.07) is -2.53. The van der Waals surface area contributed by atoms with Crippen LogP contribution in [0, 0.1) is 12.3 Å². The number of aliphatic hydroxyl groups excluding tert-OH is 2. The van der Waals surface area contributed by atoms with E-state index in [1.807, 2.05) is 27.0 Å². The Morgan fingerprint density at radius 3 is 2.64 bits per heavy atom. The van der Waals surface area contributed by atoms with Crippen LogP contribution in [-0.2, 0) is 9.59 Å². The van der Waals surface area contributed by atoms with Crippen molar-refractivity contribution in [1.29, 1.82) is 0 Å². The first-order valence-electron chi connectivity index (χ1n) is 11.2. The summed E-state index contributed by atoms with van der Waals surface area (Å²) in [4.78, 5) is 32.3. The Labute approximate surface area is 191 Å². The van der Waals surface area contributed by atoms with E-state index in [4.69, 9.17) is 4.52 Å². The number of amides is 2. The van der Waals surface area contributed by atoms with Crippen LogP contribution in [0.15, 0.2) is 10.7 Å². The van der Waals surface area contributed by atoms with Crippen LogP contribution in [0.3, 0.4) is 0 Å². The minimum atomic E-state index is -0.915. The molecule has 2 aromatic rings. The van der Waals surface area contributed by atoms with Crippen LogP contribution in [0.1, 0.15) is 75.4 Å². The van der Waals surface area contributed by atoms with Crippen molar-refractivity contribution in [3.05, 3.63) is 23.6 Å². The first-order chi connectivity index (χ1) is 15.6. The number of nitrogens with zero attached hydrogens (tertiary/aromatic N) is 6. The fourth-order valence-corrected chi connectivity index (χ4v) is 4.23. The summed E-state index contributed by atoms with van der Waals surface area (Å²) in [6.07, 6.45) is 3.19. The van der Waals surface area contributed by atoms with Gasteiger partial charge in [-0.15, -0.1) is 5.10 Å². The Hall–Kier alpha value is -2.86. The molecule has 1 saturated carbocycles. The minimum absolute atomic E-state index is 0.0249. The van der Waals surface area contributed by atoms with E-state index in [2.05, 4.69) is 25.8 Å². The van der Waals surface area contributed by atoms with Gasteiger partial charge in [0, 0.05) is 25.1 Å². The van der Waals surface area contributed by atoms with Crippen molar-refractivity contribution in [3.63, 3.8) is 0 Å².